The Labute approximate surface area is 180 Å². The van der Waals surface area contributed by atoms with Crippen LogP contribution in [0.5, 0.6) is 0 Å². The van der Waals surface area contributed by atoms with E-state index in [0.29, 0.717) is 0 Å². The fourth-order valence-electron chi connectivity index (χ4n) is 3.14. The SMILES string of the molecule is CN=C(NCCc1c[nH]c2cccc(C)c12)NCCN(C)CCCOC.I. The summed E-state index contributed by atoms with van der Waals surface area (Å²) >= 11 is 0. The van der Waals surface area contributed by atoms with Gasteiger partial charge >= 0.3 is 0 Å². The number of rotatable bonds is 10. The first kappa shape index (κ1) is 23.7. The Bertz CT molecular complexity index is 701. The summed E-state index contributed by atoms with van der Waals surface area (Å²) in [7, 11) is 5.69. The molecule has 27 heavy (non-hydrogen) atoms. The molecule has 1 aromatic heterocycles. The molecule has 0 unspecified atom stereocenters. The topological polar surface area (TPSA) is 64.7 Å². The standard InChI is InChI=1S/C20H33N5O.HI/c1-16-7-5-8-18-19(16)17(15-24-18)9-10-22-20(21-2)23-11-13-25(3)12-6-14-26-4;/h5,7-8,15,24H,6,9-14H2,1-4H3,(H2,21,22,23);1H. The number of benzene rings is 1. The van der Waals surface area contributed by atoms with Gasteiger partial charge in [0.15, 0.2) is 5.96 Å². The number of aromatic amines is 1. The van der Waals surface area contributed by atoms with Crippen LogP contribution in [0.15, 0.2) is 29.4 Å². The summed E-state index contributed by atoms with van der Waals surface area (Å²) < 4.78 is 5.09. The van der Waals surface area contributed by atoms with E-state index in [-0.39, 0.29) is 24.0 Å². The van der Waals surface area contributed by atoms with Crippen molar-refractivity contribution < 1.29 is 4.74 Å². The first-order chi connectivity index (χ1) is 12.7. The van der Waals surface area contributed by atoms with E-state index in [9.17, 15) is 0 Å². The van der Waals surface area contributed by atoms with Crippen molar-refractivity contribution in [3.63, 3.8) is 0 Å². The molecule has 152 valence electrons. The minimum atomic E-state index is 0. The average molecular weight is 487 g/mol. The van der Waals surface area contributed by atoms with E-state index in [1.165, 1.54) is 22.0 Å². The number of nitrogens with zero attached hydrogens (tertiary/aromatic N) is 2. The molecule has 0 aliphatic rings. The summed E-state index contributed by atoms with van der Waals surface area (Å²) in [6.45, 7) is 6.72. The Hall–Kier alpha value is -1.32. The molecule has 1 heterocycles. The number of H-pyrrole nitrogens is 1. The van der Waals surface area contributed by atoms with Crippen LogP contribution in [-0.2, 0) is 11.2 Å². The van der Waals surface area contributed by atoms with Gasteiger partial charge in [-0.25, -0.2) is 0 Å². The third-order valence-electron chi connectivity index (χ3n) is 4.58. The highest BCUT2D eigenvalue weighted by atomic mass is 127. The molecule has 2 aromatic rings. The third-order valence-corrected chi connectivity index (χ3v) is 4.58. The maximum Gasteiger partial charge on any atom is 0.191 e. The second kappa shape index (κ2) is 13.0. The Morgan fingerprint density at radius 2 is 2.00 bits per heavy atom. The Morgan fingerprint density at radius 3 is 2.74 bits per heavy atom. The fraction of sp³-hybridized carbons (Fsp3) is 0.550. The molecule has 0 atom stereocenters. The molecular weight excluding hydrogens is 453 g/mol. The van der Waals surface area contributed by atoms with Gasteiger partial charge in [-0.15, -0.1) is 24.0 Å². The van der Waals surface area contributed by atoms with Gasteiger partial charge in [0, 0.05) is 64.0 Å². The second-order valence-electron chi connectivity index (χ2n) is 6.64. The van der Waals surface area contributed by atoms with Gasteiger partial charge in [0.2, 0.25) is 0 Å². The highest BCUT2D eigenvalue weighted by Gasteiger charge is 2.06. The molecule has 0 radical (unpaired) electrons. The molecule has 0 saturated carbocycles. The predicted octanol–water partition coefficient (Wildman–Crippen LogP) is 2.77. The summed E-state index contributed by atoms with van der Waals surface area (Å²) in [5, 5.41) is 8.12. The minimum absolute atomic E-state index is 0. The van der Waals surface area contributed by atoms with Crippen molar-refractivity contribution in [2.75, 3.05) is 54.0 Å². The van der Waals surface area contributed by atoms with E-state index in [1.54, 1.807) is 7.11 Å². The molecule has 0 amide bonds. The molecule has 0 saturated heterocycles. The minimum Gasteiger partial charge on any atom is -0.385 e. The third kappa shape index (κ3) is 7.67. The quantitative estimate of drug-likeness (QED) is 0.209. The molecule has 0 fully saturated rings. The molecule has 0 aliphatic carbocycles. The van der Waals surface area contributed by atoms with Gasteiger partial charge in [-0.3, -0.25) is 4.99 Å². The van der Waals surface area contributed by atoms with Crippen LogP contribution in [-0.4, -0.2) is 69.8 Å². The summed E-state index contributed by atoms with van der Waals surface area (Å²) in [4.78, 5) is 9.97. The summed E-state index contributed by atoms with van der Waals surface area (Å²) in [5.41, 5.74) is 3.87. The molecule has 3 N–H and O–H groups in total. The van der Waals surface area contributed by atoms with Crippen LogP contribution in [0, 0.1) is 6.92 Å². The summed E-state index contributed by atoms with van der Waals surface area (Å²) in [6, 6.07) is 6.38. The van der Waals surface area contributed by atoms with Gasteiger partial charge in [0.05, 0.1) is 0 Å². The number of ether oxygens (including phenoxy) is 1. The van der Waals surface area contributed by atoms with Gasteiger partial charge in [-0.1, -0.05) is 12.1 Å². The molecule has 0 bridgehead atoms. The second-order valence-corrected chi connectivity index (χ2v) is 6.64. The first-order valence-electron chi connectivity index (χ1n) is 9.33. The number of fused-ring (bicyclic) bond motifs is 1. The monoisotopic (exact) mass is 487 g/mol. The molecule has 6 nitrogen and oxygen atoms in total. The first-order valence-corrected chi connectivity index (χ1v) is 9.33. The van der Waals surface area contributed by atoms with Crippen molar-refractivity contribution in [1.29, 1.82) is 0 Å². The van der Waals surface area contributed by atoms with Crippen molar-refractivity contribution in [3.05, 3.63) is 35.5 Å². The van der Waals surface area contributed by atoms with Gasteiger partial charge in [0.25, 0.3) is 0 Å². The van der Waals surface area contributed by atoms with Crippen LogP contribution in [0.25, 0.3) is 10.9 Å². The van der Waals surface area contributed by atoms with E-state index >= 15 is 0 Å². The maximum absolute atomic E-state index is 5.09. The van der Waals surface area contributed by atoms with Crippen molar-refractivity contribution in [1.82, 2.24) is 20.5 Å². The average Bonchev–Trinajstić information content (AvgIpc) is 3.05. The number of halogens is 1. The number of hydrogen-bond acceptors (Lipinski definition) is 3. The van der Waals surface area contributed by atoms with Crippen LogP contribution >= 0.6 is 24.0 Å². The lowest BCUT2D eigenvalue weighted by molar-refractivity contribution is 0.180. The molecule has 2 rings (SSSR count). The van der Waals surface area contributed by atoms with Crippen LogP contribution in [0.2, 0.25) is 0 Å². The highest BCUT2D eigenvalue weighted by Crippen LogP contribution is 2.22. The van der Waals surface area contributed by atoms with Crippen molar-refractivity contribution in [3.8, 4) is 0 Å². The molecule has 7 heteroatoms. The zero-order valence-electron chi connectivity index (χ0n) is 17.0. The normalized spacial score (nSPS) is 11.7. The Balaban J connectivity index is 0.00000364. The zero-order chi connectivity index (χ0) is 18.8. The van der Waals surface area contributed by atoms with E-state index in [4.69, 9.17) is 4.74 Å². The Morgan fingerprint density at radius 1 is 1.22 bits per heavy atom. The maximum atomic E-state index is 5.09. The van der Waals surface area contributed by atoms with Crippen LogP contribution in [0.4, 0.5) is 0 Å². The van der Waals surface area contributed by atoms with Crippen molar-refractivity contribution >= 4 is 40.8 Å². The number of aryl methyl sites for hydroxylation is 1. The number of methoxy groups -OCH3 is 1. The lowest BCUT2D eigenvalue weighted by Crippen LogP contribution is -2.41. The smallest absolute Gasteiger partial charge is 0.191 e. The highest BCUT2D eigenvalue weighted by molar-refractivity contribution is 14.0. The van der Waals surface area contributed by atoms with Gasteiger partial charge in [-0.2, -0.15) is 0 Å². The van der Waals surface area contributed by atoms with Gasteiger partial charge in [0.1, 0.15) is 0 Å². The molecule has 1 aromatic carbocycles. The van der Waals surface area contributed by atoms with Crippen molar-refractivity contribution in [2.24, 2.45) is 4.99 Å². The predicted molar refractivity (Wildman–Crippen MR) is 126 cm³/mol. The van der Waals surface area contributed by atoms with Gasteiger partial charge in [-0.05, 0) is 44.0 Å². The lowest BCUT2D eigenvalue weighted by atomic mass is 10.1. The number of nitrogens with one attached hydrogen (secondary N) is 3. The van der Waals surface area contributed by atoms with Gasteiger partial charge < -0.3 is 25.3 Å². The summed E-state index contributed by atoms with van der Waals surface area (Å²) in [5.74, 6) is 0.854. The zero-order valence-corrected chi connectivity index (χ0v) is 19.3. The van der Waals surface area contributed by atoms with Crippen LogP contribution in [0.3, 0.4) is 0 Å². The lowest BCUT2D eigenvalue weighted by Gasteiger charge is -2.18. The largest absolute Gasteiger partial charge is 0.385 e. The fourth-order valence-corrected chi connectivity index (χ4v) is 3.14. The molecule has 0 spiro atoms. The number of aliphatic imine (C=N–C) groups is 1. The number of likely N-dealkylation sites (N-methyl/N-ethyl adjacent to an activating group) is 1. The summed E-state index contributed by atoms with van der Waals surface area (Å²) in [6.07, 6.45) is 4.14. The number of hydrogen-bond donors (Lipinski definition) is 3. The van der Waals surface area contributed by atoms with Crippen LogP contribution < -0.4 is 10.6 Å². The Kier molecular flexibility index (Phi) is 11.4. The molecular formula is C20H34IN5O. The van der Waals surface area contributed by atoms with Crippen LogP contribution in [0.1, 0.15) is 17.5 Å². The number of aromatic nitrogens is 1. The van der Waals surface area contributed by atoms with Crippen molar-refractivity contribution in [2.45, 2.75) is 19.8 Å². The van der Waals surface area contributed by atoms with E-state index in [0.717, 1.165) is 51.6 Å². The molecule has 0 aliphatic heterocycles. The number of guanidine groups is 1. The van der Waals surface area contributed by atoms with E-state index in [1.807, 2.05) is 7.05 Å². The van der Waals surface area contributed by atoms with E-state index in [2.05, 4.69) is 63.9 Å². The van der Waals surface area contributed by atoms with E-state index < -0.39 is 0 Å².